The first kappa shape index (κ1) is 20.7. The number of hydrogen-bond acceptors (Lipinski definition) is 4. The first-order valence-electron chi connectivity index (χ1n) is 8.41. The van der Waals surface area contributed by atoms with E-state index >= 15 is 0 Å². The third-order valence-electron chi connectivity index (χ3n) is 4.37. The van der Waals surface area contributed by atoms with Crippen LogP contribution in [0.2, 0.25) is 0 Å². The van der Waals surface area contributed by atoms with Gasteiger partial charge in [0, 0.05) is 13.1 Å². The van der Waals surface area contributed by atoms with Crippen LogP contribution in [0.5, 0.6) is 5.75 Å². The highest BCUT2D eigenvalue weighted by Crippen LogP contribution is 2.25. The molecule has 0 aliphatic carbocycles. The van der Waals surface area contributed by atoms with Crippen LogP contribution in [0.3, 0.4) is 0 Å². The Labute approximate surface area is 160 Å². The molecule has 0 fully saturated rings. The van der Waals surface area contributed by atoms with Crippen LogP contribution in [0.15, 0.2) is 59.5 Å². The van der Waals surface area contributed by atoms with E-state index in [2.05, 4.69) is 4.72 Å². The summed E-state index contributed by atoms with van der Waals surface area (Å²) in [5, 5.41) is 0. The van der Waals surface area contributed by atoms with E-state index in [1.165, 1.54) is 26.3 Å². The van der Waals surface area contributed by atoms with E-state index in [4.69, 9.17) is 4.74 Å². The number of carbonyl (C=O) groups excluding carboxylic acids is 1. The van der Waals surface area contributed by atoms with Crippen LogP contribution in [-0.4, -0.2) is 40.4 Å². The molecule has 2 aromatic rings. The molecule has 0 bridgehead atoms. The number of nitrogens with one attached hydrogen (secondary N) is 1. The summed E-state index contributed by atoms with van der Waals surface area (Å²) in [6, 6.07) is 14.4. The van der Waals surface area contributed by atoms with E-state index < -0.39 is 10.0 Å². The normalized spacial score (nSPS) is 12.7. The Morgan fingerprint density at radius 3 is 2.44 bits per heavy atom. The highest BCUT2D eigenvalue weighted by Gasteiger charge is 2.18. The summed E-state index contributed by atoms with van der Waals surface area (Å²) < 4.78 is 31.7. The predicted octanol–water partition coefficient (Wildman–Crippen LogP) is 2.84. The number of nitrogens with zero attached hydrogens (tertiary/aromatic N) is 1. The summed E-state index contributed by atoms with van der Waals surface area (Å²) in [6.45, 7) is 1.95. The molecule has 0 saturated carbocycles. The van der Waals surface area contributed by atoms with E-state index in [1.54, 1.807) is 30.2 Å². The SMILES string of the molecule is CNS(=O)(=O)c1cc(/C=C/C(=O)N(C)C(C)c2ccccc2)ccc1OC. The van der Waals surface area contributed by atoms with Gasteiger partial charge in [0.25, 0.3) is 0 Å². The maximum atomic E-state index is 12.5. The average molecular weight is 388 g/mol. The number of rotatable bonds is 7. The summed E-state index contributed by atoms with van der Waals surface area (Å²) in [5.74, 6) is 0.0582. The molecule has 144 valence electrons. The molecule has 1 unspecified atom stereocenters. The van der Waals surface area contributed by atoms with Crippen molar-refractivity contribution in [3.63, 3.8) is 0 Å². The van der Waals surface area contributed by atoms with E-state index in [9.17, 15) is 13.2 Å². The lowest BCUT2D eigenvalue weighted by Crippen LogP contribution is -2.27. The highest BCUT2D eigenvalue weighted by molar-refractivity contribution is 7.89. The fraction of sp³-hybridized carbons (Fsp3) is 0.250. The van der Waals surface area contributed by atoms with Gasteiger partial charge in [0.05, 0.1) is 13.2 Å². The fourth-order valence-electron chi connectivity index (χ4n) is 2.55. The van der Waals surface area contributed by atoms with E-state index in [-0.39, 0.29) is 22.6 Å². The van der Waals surface area contributed by atoms with Gasteiger partial charge in [-0.05, 0) is 43.3 Å². The van der Waals surface area contributed by atoms with Gasteiger partial charge < -0.3 is 9.64 Å². The molecule has 6 nitrogen and oxygen atoms in total. The molecule has 0 aliphatic rings. The minimum absolute atomic E-state index is 0.0214. The third kappa shape index (κ3) is 4.96. The first-order valence-corrected chi connectivity index (χ1v) is 9.90. The molecule has 0 spiro atoms. The maximum Gasteiger partial charge on any atom is 0.246 e. The Hall–Kier alpha value is -2.64. The quantitative estimate of drug-likeness (QED) is 0.740. The lowest BCUT2D eigenvalue weighted by Gasteiger charge is -2.24. The zero-order valence-corrected chi connectivity index (χ0v) is 16.7. The minimum Gasteiger partial charge on any atom is -0.495 e. The maximum absolute atomic E-state index is 12.5. The van der Waals surface area contributed by atoms with Crippen LogP contribution in [0, 0.1) is 0 Å². The molecule has 1 amide bonds. The second-order valence-electron chi connectivity index (χ2n) is 5.99. The molecule has 1 atom stereocenters. The van der Waals surface area contributed by atoms with Crippen molar-refractivity contribution in [3.8, 4) is 5.75 Å². The van der Waals surface area contributed by atoms with E-state index in [0.717, 1.165) is 5.56 Å². The summed E-state index contributed by atoms with van der Waals surface area (Å²) >= 11 is 0. The van der Waals surface area contributed by atoms with Crippen LogP contribution in [-0.2, 0) is 14.8 Å². The van der Waals surface area contributed by atoms with E-state index in [0.29, 0.717) is 5.56 Å². The van der Waals surface area contributed by atoms with Gasteiger partial charge in [-0.2, -0.15) is 0 Å². The van der Waals surface area contributed by atoms with Gasteiger partial charge >= 0.3 is 0 Å². The number of hydrogen-bond donors (Lipinski definition) is 1. The Morgan fingerprint density at radius 1 is 1.19 bits per heavy atom. The van der Waals surface area contributed by atoms with Crippen molar-refractivity contribution in [2.75, 3.05) is 21.2 Å². The topological polar surface area (TPSA) is 75.7 Å². The fourth-order valence-corrected chi connectivity index (χ4v) is 3.48. The molecular weight excluding hydrogens is 364 g/mol. The monoisotopic (exact) mass is 388 g/mol. The number of sulfonamides is 1. The Kier molecular flexibility index (Phi) is 6.76. The summed E-state index contributed by atoms with van der Waals surface area (Å²) in [6.07, 6.45) is 3.02. The Bertz CT molecular complexity index is 924. The van der Waals surface area contributed by atoms with Gasteiger partial charge in [-0.25, -0.2) is 13.1 Å². The molecular formula is C20H24N2O4S. The van der Waals surface area contributed by atoms with Crippen LogP contribution >= 0.6 is 0 Å². The van der Waals surface area contributed by atoms with Gasteiger partial charge in [-0.3, -0.25) is 4.79 Å². The zero-order valence-electron chi connectivity index (χ0n) is 15.8. The van der Waals surface area contributed by atoms with Gasteiger partial charge in [0.15, 0.2) is 0 Å². The van der Waals surface area contributed by atoms with Crippen LogP contribution in [0.1, 0.15) is 24.1 Å². The molecule has 0 aliphatic heterocycles. The highest BCUT2D eigenvalue weighted by atomic mass is 32.2. The van der Waals surface area contributed by atoms with Crippen molar-refractivity contribution < 1.29 is 17.9 Å². The molecule has 27 heavy (non-hydrogen) atoms. The summed E-state index contributed by atoms with van der Waals surface area (Å²) in [7, 11) is 0.799. The number of ether oxygens (including phenoxy) is 1. The number of amides is 1. The van der Waals surface area contributed by atoms with Crippen molar-refractivity contribution in [1.82, 2.24) is 9.62 Å². The van der Waals surface area contributed by atoms with Gasteiger partial charge in [0.2, 0.25) is 15.9 Å². The van der Waals surface area contributed by atoms with Crippen molar-refractivity contribution in [3.05, 3.63) is 65.7 Å². The van der Waals surface area contributed by atoms with E-state index in [1.807, 2.05) is 37.3 Å². The molecule has 7 heteroatoms. The Balaban J connectivity index is 2.22. The van der Waals surface area contributed by atoms with Crippen LogP contribution in [0.25, 0.3) is 6.08 Å². The van der Waals surface area contributed by atoms with Crippen molar-refractivity contribution >= 4 is 22.0 Å². The smallest absolute Gasteiger partial charge is 0.246 e. The summed E-state index contributed by atoms with van der Waals surface area (Å²) in [5.41, 5.74) is 1.62. The second kappa shape index (κ2) is 8.83. The van der Waals surface area contributed by atoms with Crippen molar-refractivity contribution in [2.24, 2.45) is 0 Å². The Morgan fingerprint density at radius 2 is 1.85 bits per heavy atom. The van der Waals surface area contributed by atoms with Gasteiger partial charge in [0.1, 0.15) is 10.6 Å². The number of carbonyl (C=O) groups is 1. The lowest BCUT2D eigenvalue weighted by atomic mass is 10.1. The third-order valence-corrected chi connectivity index (χ3v) is 5.81. The predicted molar refractivity (Wildman–Crippen MR) is 106 cm³/mol. The van der Waals surface area contributed by atoms with Crippen molar-refractivity contribution in [2.45, 2.75) is 17.9 Å². The molecule has 0 saturated heterocycles. The number of benzene rings is 2. The molecule has 0 radical (unpaired) electrons. The molecule has 0 heterocycles. The van der Waals surface area contributed by atoms with Crippen LogP contribution < -0.4 is 9.46 Å². The van der Waals surface area contributed by atoms with Gasteiger partial charge in [-0.1, -0.05) is 36.4 Å². The van der Waals surface area contributed by atoms with Crippen LogP contribution in [0.4, 0.5) is 0 Å². The molecule has 2 rings (SSSR count). The average Bonchev–Trinajstić information content (AvgIpc) is 2.71. The van der Waals surface area contributed by atoms with Crippen molar-refractivity contribution in [1.29, 1.82) is 0 Å². The van der Waals surface area contributed by atoms with Gasteiger partial charge in [-0.15, -0.1) is 0 Å². The lowest BCUT2D eigenvalue weighted by molar-refractivity contribution is -0.126. The second-order valence-corrected chi connectivity index (χ2v) is 7.84. The minimum atomic E-state index is -3.67. The molecule has 1 N–H and O–H groups in total. The largest absolute Gasteiger partial charge is 0.495 e. The number of likely N-dealkylation sites (N-methyl/N-ethyl adjacent to an activating group) is 1. The first-order chi connectivity index (χ1) is 12.8. The zero-order chi connectivity index (χ0) is 20.0. The standard InChI is InChI=1S/C20H24N2O4S/c1-15(17-8-6-5-7-9-17)22(3)20(23)13-11-16-10-12-18(26-4)19(14-16)27(24,25)21-2/h5-15,21H,1-4H3/b13-11+. The summed E-state index contributed by atoms with van der Waals surface area (Å²) in [4.78, 5) is 14.1. The number of methoxy groups -OCH3 is 1. The molecule has 0 aromatic heterocycles. The molecule has 2 aromatic carbocycles.